The molecule has 0 radical (unpaired) electrons. The Balaban J connectivity index is 1.85. The Morgan fingerprint density at radius 1 is 1.07 bits per heavy atom. The zero-order valence-corrected chi connectivity index (χ0v) is 17.4. The van der Waals surface area contributed by atoms with E-state index in [-0.39, 0.29) is 0 Å². The summed E-state index contributed by atoms with van der Waals surface area (Å²) in [5, 5.41) is 6.17. The smallest absolute Gasteiger partial charge is 0.323 e. The van der Waals surface area contributed by atoms with Gasteiger partial charge >= 0.3 is 6.03 Å². The van der Waals surface area contributed by atoms with Crippen LogP contribution in [0.25, 0.3) is 0 Å². The first-order valence-electron chi connectivity index (χ1n) is 9.70. The number of anilines is 3. The molecule has 2 amide bonds. The first-order chi connectivity index (χ1) is 14.1. The molecule has 1 heterocycles. The summed E-state index contributed by atoms with van der Waals surface area (Å²) in [4.78, 5) is 14.7. The number of morpholine rings is 1. The molecule has 0 bridgehead atoms. The van der Waals surface area contributed by atoms with Crippen molar-refractivity contribution in [3.05, 3.63) is 41.4 Å². The molecular weight excluding hydrogens is 394 g/mol. The van der Waals surface area contributed by atoms with Crippen LogP contribution in [0, 0.1) is 0 Å². The lowest BCUT2D eigenvalue weighted by Gasteiger charge is -2.31. The number of urea groups is 1. The third-order valence-electron chi connectivity index (χ3n) is 4.34. The maximum absolute atomic E-state index is 12.5. The Hall–Kier alpha value is -2.64. The molecule has 8 heteroatoms. The Labute approximate surface area is 175 Å². The lowest BCUT2D eigenvalue weighted by Crippen LogP contribution is -2.36. The van der Waals surface area contributed by atoms with Gasteiger partial charge in [0, 0.05) is 35.9 Å². The summed E-state index contributed by atoms with van der Waals surface area (Å²) in [6.07, 6.45) is 0. The largest absolute Gasteiger partial charge is 0.492 e. The summed E-state index contributed by atoms with van der Waals surface area (Å²) < 4.78 is 17.1. The van der Waals surface area contributed by atoms with Crippen LogP contribution in [0.1, 0.15) is 13.8 Å². The molecule has 0 saturated carbocycles. The van der Waals surface area contributed by atoms with Crippen molar-refractivity contribution in [1.29, 1.82) is 0 Å². The molecule has 1 aliphatic heterocycles. The summed E-state index contributed by atoms with van der Waals surface area (Å²) in [5.41, 5.74) is 2.06. The average Bonchev–Trinajstić information content (AvgIpc) is 2.71. The molecule has 2 aromatic rings. The average molecular weight is 420 g/mol. The molecule has 0 aliphatic carbocycles. The fourth-order valence-corrected chi connectivity index (χ4v) is 3.29. The van der Waals surface area contributed by atoms with Crippen molar-refractivity contribution in [3.63, 3.8) is 0 Å². The lowest BCUT2D eigenvalue weighted by atomic mass is 10.2. The molecule has 0 unspecified atom stereocenters. The van der Waals surface area contributed by atoms with Crippen molar-refractivity contribution < 1.29 is 19.0 Å². The van der Waals surface area contributed by atoms with Gasteiger partial charge in [-0.05, 0) is 32.0 Å². The van der Waals surface area contributed by atoms with Crippen molar-refractivity contribution in [3.8, 4) is 11.5 Å². The van der Waals surface area contributed by atoms with Gasteiger partial charge in [-0.15, -0.1) is 0 Å². The second-order valence-corrected chi connectivity index (χ2v) is 6.81. The maximum atomic E-state index is 12.5. The topological polar surface area (TPSA) is 72.1 Å². The zero-order valence-electron chi connectivity index (χ0n) is 16.7. The molecule has 7 nitrogen and oxygen atoms in total. The normalized spacial score (nSPS) is 13.7. The van der Waals surface area contributed by atoms with Crippen molar-refractivity contribution >= 4 is 34.7 Å². The predicted molar refractivity (Wildman–Crippen MR) is 116 cm³/mol. The van der Waals surface area contributed by atoms with E-state index < -0.39 is 6.03 Å². The van der Waals surface area contributed by atoms with Crippen molar-refractivity contribution in [2.75, 3.05) is 55.1 Å². The first-order valence-corrected chi connectivity index (χ1v) is 10.1. The Morgan fingerprint density at radius 2 is 1.79 bits per heavy atom. The van der Waals surface area contributed by atoms with Gasteiger partial charge in [-0.25, -0.2) is 4.79 Å². The SMILES string of the molecule is CCOc1cc(N2CCOCC2)c(OCC)cc1NC(=O)Nc1cccc(Cl)c1. The number of hydrogen-bond acceptors (Lipinski definition) is 5. The van der Waals surface area contributed by atoms with Crippen LogP contribution < -0.4 is 25.0 Å². The van der Waals surface area contributed by atoms with Gasteiger partial charge in [0.2, 0.25) is 0 Å². The van der Waals surface area contributed by atoms with Crippen LogP contribution in [0.2, 0.25) is 5.02 Å². The van der Waals surface area contributed by atoms with Gasteiger partial charge in [-0.3, -0.25) is 0 Å². The number of carbonyl (C=O) groups is 1. The molecule has 156 valence electrons. The second kappa shape index (κ2) is 10.2. The van der Waals surface area contributed by atoms with Crippen molar-refractivity contribution in [1.82, 2.24) is 0 Å². The van der Waals surface area contributed by atoms with Crippen LogP contribution in [-0.4, -0.2) is 45.5 Å². The van der Waals surface area contributed by atoms with E-state index in [1.807, 2.05) is 19.9 Å². The molecule has 29 heavy (non-hydrogen) atoms. The summed E-state index contributed by atoms with van der Waals surface area (Å²) in [5.74, 6) is 1.27. The number of carbonyl (C=O) groups excluding carboxylic acids is 1. The number of amides is 2. The molecule has 1 aliphatic rings. The third kappa shape index (κ3) is 5.68. The molecule has 0 atom stereocenters. The number of rotatable bonds is 7. The Morgan fingerprint density at radius 3 is 2.48 bits per heavy atom. The van der Waals surface area contributed by atoms with Crippen LogP contribution in [0.5, 0.6) is 11.5 Å². The fraction of sp³-hybridized carbons (Fsp3) is 0.381. The third-order valence-corrected chi connectivity index (χ3v) is 4.58. The van der Waals surface area contributed by atoms with E-state index in [4.69, 9.17) is 25.8 Å². The van der Waals surface area contributed by atoms with Crippen LogP contribution in [0.4, 0.5) is 21.9 Å². The highest BCUT2D eigenvalue weighted by Crippen LogP contribution is 2.39. The number of halogens is 1. The van der Waals surface area contributed by atoms with E-state index in [9.17, 15) is 4.79 Å². The van der Waals surface area contributed by atoms with Crippen LogP contribution in [-0.2, 0) is 4.74 Å². The van der Waals surface area contributed by atoms with E-state index in [0.717, 1.165) is 18.8 Å². The van der Waals surface area contributed by atoms with Crippen LogP contribution >= 0.6 is 11.6 Å². The summed E-state index contributed by atoms with van der Waals surface area (Å²) >= 11 is 5.98. The molecule has 1 fully saturated rings. The van der Waals surface area contributed by atoms with Crippen LogP contribution in [0.15, 0.2) is 36.4 Å². The molecular formula is C21H26ClN3O4. The van der Waals surface area contributed by atoms with E-state index in [0.29, 0.717) is 54.3 Å². The minimum absolute atomic E-state index is 0.394. The predicted octanol–water partition coefficient (Wildman–Crippen LogP) is 4.62. The number of nitrogens with zero attached hydrogens (tertiary/aromatic N) is 1. The highest BCUT2D eigenvalue weighted by molar-refractivity contribution is 6.30. The summed E-state index contributed by atoms with van der Waals surface area (Å²) in [6, 6.07) is 10.3. The van der Waals surface area contributed by atoms with Gasteiger partial charge in [0.15, 0.2) is 0 Å². The highest BCUT2D eigenvalue weighted by Gasteiger charge is 2.20. The zero-order chi connectivity index (χ0) is 20.6. The Bertz CT molecular complexity index is 841. The van der Waals surface area contributed by atoms with Crippen molar-refractivity contribution in [2.45, 2.75) is 13.8 Å². The standard InChI is InChI=1S/C21H26ClN3O4/c1-3-28-19-14-18(25-8-10-27-11-9-25)20(29-4-2)13-17(19)24-21(26)23-16-7-5-6-15(22)12-16/h5-7,12-14H,3-4,8-11H2,1-2H3,(H2,23,24,26). The molecule has 0 spiro atoms. The van der Waals surface area contributed by atoms with E-state index in [1.54, 1.807) is 30.3 Å². The second-order valence-electron chi connectivity index (χ2n) is 6.37. The van der Waals surface area contributed by atoms with Gasteiger partial charge in [-0.1, -0.05) is 17.7 Å². The van der Waals surface area contributed by atoms with E-state index in [1.165, 1.54) is 0 Å². The number of hydrogen-bond donors (Lipinski definition) is 2. The number of nitrogens with one attached hydrogen (secondary N) is 2. The highest BCUT2D eigenvalue weighted by atomic mass is 35.5. The fourth-order valence-electron chi connectivity index (χ4n) is 3.10. The monoisotopic (exact) mass is 419 g/mol. The lowest BCUT2D eigenvalue weighted by molar-refractivity contribution is 0.122. The van der Waals surface area contributed by atoms with Gasteiger partial charge < -0.3 is 29.7 Å². The molecule has 2 aromatic carbocycles. The molecule has 3 rings (SSSR count). The van der Waals surface area contributed by atoms with Crippen molar-refractivity contribution in [2.24, 2.45) is 0 Å². The molecule has 2 N–H and O–H groups in total. The minimum Gasteiger partial charge on any atom is -0.492 e. The Kier molecular flexibility index (Phi) is 7.43. The van der Waals surface area contributed by atoms with E-state index in [2.05, 4.69) is 15.5 Å². The van der Waals surface area contributed by atoms with Gasteiger partial charge in [0.05, 0.1) is 37.8 Å². The number of benzene rings is 2. The molecule has 1 saturated heterocycles. The first kappa shape index (κ1) is 21.1. The maximum Gasteiger partial charge on any atom is 0.323 e. The number of ether oxygens (including phenoxy) is 3. The van der Waals surface area contributed by atoms with Gasteiger partial charge in [0.25, 0.3) is 0 Å². The van der Waals surface area contributed by atoms with Gasteiger partial charge in [0.1, 0.15) is 11.5 Å². The quantitative estimate of drug-likeness (QED) is 0.685. The minimum atomic E-state index is -0.394. The molecule has 0 aromatic heterocycles. The summed E-state index contributed by atoms with van der Waals surface area (Å²) in [7, 11) is 0. The summed E-state index contributed by atoms with van der Waals surface area (Å²) in [6.45, 7) is 7.69. The van der Waals surface area contributed by atoms with E-state index >= 15 is 0 Å². The van der Waals surface area contributed by atoms with Crippen LogP contribution in [0.3, 0.4) is 0 Å². The van der Waals surface area contributed by atoms with Gasteiger partial charge in [-0.2, -0.15) is 0 Å².